The normalized spacial score (nSPS) is 15.2. The molecular weight excluding hydrogens is 324 g/mol. The highest BCUT2D eigenvalue weighted by molar-refractivity contribution is 6.06. The van der Waals surface area contributed by atoms with Gasteiger partial charge < -0.3 is 10.1 Å². The molecule has 0 fully saturated rings. The number of benzene rings is 2. The van der Waals surface area contributed by atoms with E-state index in [4.69, 9.17) is 4.74 Å². The minimum absolute atomic E-state index is 0.0303. The van der Waals surface area contributed by atoms with Gasteiger partial charge in [-0.05, 0) is 49.6 Å². The summed E-state index contributed by atoms with van der Waals surface area (Å²) in [7, 11) is 1.67. The number of ether oxygens (including phenoxy) is 1. The topological polar surface area (TPSA) is 43.3 Å². The maximum Gasteiger partial charge on any atom is 0.327 e. The molecule has 2 aromatic carbocycles. The molecular formula is C22H24N2O2. The van der Waals surface area contributed by atoms with E-state index in [-0.39, 0.29) is 11.6 Å². The summed E-state index contributed by atoms with van der Waals surface area (Å²) < 4.78 is 7.19. The van der Waals surface area contributed by atoms with Gasteiger partial charge in [-0.3, -0.25) is 4.57 Å². The molecule has 2 heterocycles. The Morgan fingerprint density at radius 2 is 1.77 bits per heavy atom. The van der Waals surface area contributed by atoms with Crippen LogP contribution in [0.15, 0.2) is 42.5 Å². The quantitative estimate of drug-likeness (QED) is 0.703. The fourth-order valence-electron chi connectivity index (χ4n) is 4.20. The van der Waals surface area contributed by atoms with Gasteiger partial charge in [0.2, 0.25) is 0 Å². The van der Waals surface area contributed by atoms with E-state index < -0.39 is 0 Å². The van der Waals surface area contributed by atoms with Crippen molar-refractivity contribution in [2.75, 3.05) is 7.11 Å². The summed E-state index contributed by atoms with van der Waals surface area (Å²) in [6.07, 6.45) is 1.71. The zero-order chi connectivity index (χ0) is 18.5. The molecule has 1 aliphatic heterocycles. The Morgan fingerprint density at radius 3 is 2.38 bits per heavy atom. The summed E-state index contributed by atoms with van der Waals surface area (Å²) in [4.78, 5) is 12.9. The van der Waals surface area contributed by atoms with Gasteiger partial charge in [0, 0.05) is 10.9 Å². The van der Waals surface area contributed by atoms with Crippen LogP contribution in [0.5, 0.6) is 5.75 Å². The third-order valence-corrected chi connectivity index (χ3v) is 5.71. The van der Waals surface area contributed by atoms with Gasteiger partial charge in [0.25, 0.3) is 0 Å². The van der Waals surface area contributed by atoms with Crippen molar-refractivity contribution in [1.29, 1.82) is 0 Å². The molecule has 1 amide bonds. The molecule has 4 nitrogen and oxygen atoms in total. The maximum atomic E-state index is 12.9. The second kappa shape index (κ2) is 5.90. The standard InChI is InChI=1S/C22H24N2O2/c1-5-22(6-2)20-19(15-8-10-16(26-4)11-9-15)17-13-14(3)7-12-18(17)24(20)21(25)23-22/h7-13H,5-6H2,1-4H3,(H,23,25). The van der Waals surface area contributed by atoms with Gasteiger partial charge in [-0.25, -0.2) is 4.79 Å². The minimum Gasteiger partial charge on any atom is -0.497 e. The lowest BCUT2D eigenvalue weighted by Gasteiger charge is -2.27. The molecule has 1 aliphatic rings. The Bertz CT molecular complexity index is 995. The molecule has 4 heteroatoms. The van der Waals surface area contributed by atoms with Crippen molar-refractivity contribution in [3.05, 3.63) is 53.7 Å². The van der Waals surface area contributed by atoms with Gasteiger partial charge in [0.1, 0.15) is 5.75 Å². The number of hydrogen-bond donors (Lipinski definition) is 1. The molecule has 0 radical (unpaired) electrons. The van der Waals surface area contributed by atoms with Gasteiger partial charge in [0.15, 0.2) is 0 Å². The van der Waals surface area contributed by atoms with Crippen molar-refractivity contribution in [1.82, 2.24) is 9.88 Å². The van der Waals surface area contributed by atoms with Crippen LogP contribution in [-0.2, 0) is 5.54 Å². The van der Waals surface area contributed by atoms with Crippen LogP contribution in [-0.4, -0.2) is 17.7 Å². The number of carbonyl (C=O) groups is 1. The lowest BCUT2D eigenvalue weighted by molar-refractivity contribution is 0.237. The summed E-state index contributed by atoms with van der Waals surface area (Å²) in [5.74, 6) is 0.830. The maximum absolute atomic E-state index is 12.9. The SMILES string of the molecule is CCC1(CC)NC(=O)n2c1c(-c1ccc(OC)cc1)c1cc(C)ccc12. The highest BCUT2D eigenvalue weighted by Gasteiger charge is 2.44. The van der Waals surface area contributed by atoms with Crippen LogP contribution < -0.4 is 10.1 Å². The van der Waals surface area contributed by atoms with E-state index in [9.17, 15) is 4.79 Å². The van der Waals surface area contributed by atoms with Crippen LogP contribution in [0.1, 0.15) is 37.9 Å². The van der Waals surface area contributed by atoms with Crippen LogP contribution in [0, 0.1) is 6.92 Å². The first-order chi connectivity index (χ1) is 12.5. The fourth-order valence-corrected chi connectivity index (χ4v) is 4.20. The number of fused-ring (bicyclic) bond motifs is 3. The van der Waals surface area contributed by atoms with Crippen LogP contribution in [0.4, 0.5) is 4.79 Å². The van der Waals surface area contributed by atoms with Gasteiger partial charge in [-0.15, -0.1) is 0 Å². The molecule has 3 aromatic rings. The van der Waals surface area contributed by atoms with Crippen LogP contribution >= 0.6 is 0 Å². The molecule has 0 spiro atoms. The van der Waals surface area contributed by atoms with E-state index in [1.54, 1.807) is 7.11 Å². The Labute approximate surface area is 153 Å². The molecule has 0 atom stereocenters. The molecule has 4 rings (SSSR count). The van der Waals surface area contributed by atoms with E-state index >= 15 is 0 Å². The third kappa shape index (κ3) is 2.18. The summed E-state index contributed by atoms with van der Waals surface area (Å²) in [6, 6.07) is 14.4. The minimum atomic E-state index is -0.334. The van der Waals surface area contributed by atoms with E-state index in [0.717, 1.165) is 46.3 Å². The summed E-state index contributed by atoms with van der Waals surface area (Å²) in [6.45, 7) is 6.37. The van der Waals surface area contributed by atoms with Crippen LogP contribution in [0.25, 0.3) is 22.0 Å². The first-order valence-corrected chi connectivity index (χ1v) is 9.17. The van der Waals surface area contributed by atoms with Crippen molar-refractivity contribution in [2.24, 2.45) is 0 Å². The molecule has 0 unspecified atom stereocenters. The largest absolute Gasteiger partial charge is 0.497 e. The zero-order valence-electron chi connectivity index (χ0n) is 15.7. The summed E-state index contributed by atoms with van der Waals surface area (Å²) in [5.41, 5.74) is 5.16. The van der Waals surface area contributed by atoms with Crippen molar-refractivity contribution in [3.63, 3.8) is 0 Å². The van der Waals surface area contributed by atoms with Crippen LogP contribution in [0.3, 0.4) is 0 Å². The van der Waals surface area contributed by atoms with Crippen LogP contribution in [0.2, 0.25) is 0 Å². The van der Waals surface area contributed by atoms with E-state index in [1.807, 2.05) is 16.7 Å². The summed E-state index contributed by atoms with van der Waals surface area (Å²) >= 11 is 0. The lowest BCUT2D eigenvalue weighted by atomic mass is 9.85. The number of amides is 1. The van der Waals surface area contributed by atoms with Gasteiger partial charge in [-0.1, -0.05) is 37.6 Å². The summed E-state index contributed by atoms with van der Waals surface area (Å²) in [5, 5.41) is 4.38. The van der Waals surface area contributed by atoms with Gasteiger partial charge in [0.05, 0.1) is 23.9 Å². The average molecular weight is 348 g/mol. The van der Waals surface area contributed by atoms with Gasteiger partial charge in [-0.2, -0.15) is 0 Å². The second-order valence-electron chi connectivity index (χ2n) is 7.03. The number of nitrogens with one attached hydrogen (secondary N) is 1. The van der Waals surface area contributed by atoms with Gasteiger partial charge >= 0.3 is 6.03 Å². The fraction of sp³-hybridized carbons (Fsp3) is 0.318. The number of aryl methyl sites for hydroxylation is 1. The van der Waals surface area contributed by atoms with Crippen molar-refractivity contribution in [3.8, 4) is 16.9 Å². The number of nitrogens with zero attached hydrogens (tertiary/aromatic N) is 1. The molecule has 0 saturated heterocycles. The number of methoxy groups -OCH3 is 1. The molecule has 134 valence electrons. The predicted molar refractivity (Wildman–Crippen MR) is 105 cm³/mol. The van der Waals surface area contributed by atoms with E-state index in [0.29, 0.717) is 0 Å². The molecule has 26 heavy (non-hydrogen) atoms. The monoisotopic (exact) mass is 348 g/mol. The van der Waals surface area contributed by atoms with E-state index in [1.165, 1.54) is 5.56 Å². The Balaban J connectivity index is 2.11. The predicted octanol–water partition coefficient (Wildman–Crippen LogP) is 5.21. The molecule has 0 aliphatic carbocycles. The number of rotatable bonds is 4. The third-order valence-electron chi connectivity index (χ3n) is 5.71. The van der Waals surface area contributed by atoms with Crippen molar-refractivity contribution in [2.45, 2.75) is 39.2 Å². The first-order valence-electron chi connectivity index (χ1n) is 9.17. The second-order valence-corrected chi connectivity index (χ2v) is 7.03. The Kier molecular flexibility index (Phi) is 3.79. The number of aromatic nitrogens is 1. The lowest BCUT2D eigenvalue weighted by Crippen LogP contribution is -2.38. The number of carbonyl (C=O) groups excluding carboxylic acids is 1. The Hall–Kier alpha value is -2.75. The smallest absolute Gasteiger partial charge is 0.327 e. The molecule has 1 N–H and O–H groups in total. The first kappa shape index (κ1) is 16.7. The average Bonchev–Trinajstić information content (AvgIpc) is 3.15. The number of hydrogen-bond acceptors (Lipinski definition) is 2. The zero-order valence-corrected chi connectivity index (χ0v) is 15.7. The Morgan fingerprint density at radius 1 is 1.08 bits per heavy atom. The molecule has 1 aromatic heterocycles. The molecule has 0 bridgehead atoms. The van der Waals surface area contributed by atoms with Crippen molar-refractivity contribution >= 4 is 16.9 Å². The van der Waals surface area contributed by atoms with E-state index in [2.05, 4.69) is 56.4 Å². The highest BCUT2D eigenvalue weighted by atomic mass is 16.5. The highest BCUT2D eigenvalue weighted by Crippen LogP contribution is 2.46. The molecule has 0 saturated carbocycles. The van der Waals surface area contributed by atoms with Crippen molar-refractivity contribution < 1.29 is 9.53 Å².